The van der Waals surface area contributed by atoms with Crippen LogP contribution in [0.25, 0.3) is 0 Å². The summed E-state index contributed by atoms with van der Waals surface area (Å²) in [5.41, 5.74) is 1.74. The van der Waals surface area contributed by atoms with Crippen molar-refractivity contribution in [1.82, 2.24) is 4.90 Å². The molecule has 0 bridgehead atoms. The third-order valence-electron chi connectivity index (χ3n) is 5.19. The number of ether oxygens (including phenoxy) is 1. The van der Waals surface area contributed by atoms with Gasteiger partial charge in [-0.2, -0.15) is 0 Å². The largest absolute Gasteiger partial charge is 0.379 e. The van der Waals surface area contributed by atoms with Gasteiger partial charge in [-0.1, -0.05) is 30.3 Å². The monoisotopic (exact) mass is 387 g/mol. The van der Waals surface area contributed by atoms with Crippen LogP contribution in [0.1, 0.15) is 0 Å². The minimum atomic E-state index is -3.55. The Balaban J connectivity index is 1.56. The molecule has 0 aromatic heterocycles. The van der Waals surface area contributed by atoms with Crippen molar-refractivity contribution in [2.24, 2.45) is 0 Å². The van der Waals surface area contributed by atoms with Crippen LogP contribution < -0.4 is 9.21 Å². The Morgan fingerprint density at radius 3 is 2.19 bits per heavy atom. The summed E-state index contributed by atoms with van der Waals surface area (Å²) in [5.74, 6) is 0. The maximum Gasteiger partial charge on any atom is 0.264 e. The Labute approximate surface area is 161 Å². The summed E-state index contributed by atoms with van der Waals surface area (Å²) in [6, 6.07) is 16.5. The van der Waals surface area contributed by atoms with Crippen LogP contribution in [0.15, 0.2) is 59.5 Å². The molecule has 0 amide bonds. The van der Waals surface area contributed by atoms with E-state index < -0.39 is 10.0 Å². The average molecular weight is 388 g/mol. The summed E-state index contributed by atoms with van der Waals surface area (Å²) in [7, 11) is -3.55. The van der Waals surface area contributed by atoms with Crippen LogP contribution in [-0.4, -0.2) is 65.8 Å². The Hall–Kier alpha value is -2.09. The molecule has 2 aliphatic rings. The van der Waals surface area contributed by atoms with Crippen LogP contribution in [0.4, 0.5) is 11.4 Å². The maximum absolute atomic E-state index is 13.1. The highest BCUT2D eigenvalue weighted by atomic mass is 32.2. The van der Waals surface area contributed by atoms with Gasteiger partial charge in [-0.3, -0.25) is 9.21 Å². The molecular formula is C20H25N3O3S. The van der Waals surface area contributed by atoms with E-state index in [1.54, 1.807) is 28.6 Å². The van der Waals surface area contributed by atoms with Crippen molar-refractivity contribution in [3.8, 4) is 0 Å². The van der Waals surface area contributed by atoms with E-state index in [-0.39, 0.29) is 0 Å². The highest BCUT2D eigenvalue weighted by molar-refractivity contribution is 7.92. The zero-order valence-electron chi connectivity index (χ0n) is 15.3. The summed E-state index contributed by atoms with van der Waals surface area (Å²) in [4.78, 5) is 5.03. The van der Waals surface area contributed by atoms with Gasteiger partial charge in [-0.15, -0.1) is 0 Å². The van der Waals surface area contributed by atoms with E-state index in [0.717, 1.165) is 50.8 Å². The molecule has 2 aliphatic heterocycles. The molecule has 0 saturated carbocycles. The average Bonchev–Trinajstić information content (AvgIpc) is 2.73. The number of hydrogen-bond acceptors (Lipinski definition) is 5. The molecule has 27 heavy (non-hydrogen) atoms. The lowest BCUT2D eigenvalue weighted by atomic mass is 10.2. The molecule has 6 nitrogen and oxygen atoms in total. The van der Waals surface area contributed by atoms with E-state index in [4.69, 9.17) is 4.74 Å². The van der Waals surface area contributed by atoms with Crippen molar-refractivity contribution in [3.63, 3.8) is 0 Å². The van der Waals surface area contributed by atoms with Gasteiger partial charge in [-0.05, 0) is 24.3 Å². The topological polar surface area (TPSA) is 53.1 Å². The van der Waals surface area contributed by atoms with Crippen molar-refractivity contribution >= 4 is 21.4 Å². The predicted molar refractivity (Wildman–Crippen MR) is 107 cm³/mol. The van der Waals surface area contributed by atoms with Crippen molar-refractivity contribution in [3.05, 3.63) is 54.6 Å². The molecule has 4 rings (SSSR count). The Morgan fingerprint density at radius 1 is 0.778 bits per heavy atom. The Bertz CT molecular complexity index is 867. The molecule has 2 heterocycles. The van der Waals surface area contributed by atoms with Gasteiger partial charge in [0.2, 0.25) is 0 Å². The molecule has 0 spiro atoms. The van der Waals surface area contributed by atoms with Crippen molar-refractivity contribution in [2.45, 2.75) is 4.90 Å². The predicted octanol–water partition coefficient (Wildman–Crippen LogP) is 2.03. The van der Waals surface area contributed by atoms with E-state index >= 15 is 0 Å². The van der Waals surface area contributed by atoms with Crippen LogP contribution in [0.5, 0.6) is 0 Å². The summed E-state index contributed by atoms with van der Waals surface area (Å²) >= 11 is 0. The van der Waals surface area contributed by atoms with Gasteiger partial charge in [0.05, 0.1) is 36.0 Å². The minimum Gasteiger partial charge on any atom is -0.379 e. The molecule has 1 saturated heterocycles. The second-order valence-corrected chi connectivity index (χ2v) is 8.68. The normalized spacial score (nSPS) is 18.4. The van der Waals surface area contributed by atoms with Gasteiger partial charge in [0, 0.05) is 32.7 Å². The second kappa shape index (κ2) is 7.88. The maximum atomic E-state index is 13.1. The van der Waals surface area contributed by atoms with Gasteiger partial charge in [-0.25, -0.2) is 8.42 Å². The first-order valence-corrected chi connectivity index (χ1v) is 10.8. The second-order valence-electron chi connectivity index (χ2n) is 6.82. The quantitative estimate of drug-likeness (QED) is 0.786. The fraction of sp³-hybridized carbons (Fsp3) is 0.400. The third-order valence-corrected chi connectivity index (χ3v) is 7.01. The van der Waals surface area contributed by atoms with E-state index in [1.165, 1.54) is 0 Å². The summed E-state index contributed by atoms with van der Waals surface area (Å²) in [6.07, 6.45) is 0. The first-order chi connectivity index (χ1) is 13.2. The highest BCUT2D eigenvalue weighted by Crippen LogP contribution is 2.36. The first-order valence-electron chi connectivity index (χ1n) is 9.38. The molecule has 0 aliphatic carbocycles. The number of morpholine rings is 1. The molecule has 2 aromatic carbocycles. The van der Waals surface area contributed by atoms with E-state index in [9.17, 15) is 8.42 Å². The fourth-order valence-electron chi connectivity index (χ4n) is 3.68. The lowest BCUT2D eigenvalue weighted by Gasteiger charge is -2.39. The van der Waals surface area contributed by atoms with E-state index in [0.29, 0.717) is 18.0 Å². The van der Waals surface area contributed by atoms with Crippen molar-refractivity contribution in [1.29, 1.82) is 0 Å². The van der Waals surface area contributed by atoms with Gasteiger partial charge in [0.25, 0.3) is 10.0 Å². The lowest BCUT2D eigenvalue weighted by Crippen LogP contribution is -2.47. The molecule has 0 unspecified atom stereocenters. The number of sulfonamides is 1. The zero-order valence-corrected chi connectivity index (χ0v) is 16.1. The van der Waals surface area contributed by atoms with Crippen molar-refractivity contribution in [2.75, 3.05) is 61.7 Å². The Morgan fingerprint density at radius 2 is 1.44 bits per heavy atom. The number of nitrogens with zero attached hydrogens (tertiary/aromatic N) is 3. The molecule has 7 heteroatoms. The fourth-order valence-corrected chi connectivity index (χ4v) is 5.17. The highest BCUT2D eigenvalue weighted by Gasteiger charge is 2.31. The molecule has 0 atom stereocenters. The minimum absolute atomic E-state index is 0.335. The standard InChI is InChI=1S/C20H25N3O3S/c24-27(25,18-6-2-1-3-7-18)23-13-12-22(19-8-4-5-9-20(19)23)11-10-21-14-16-26-17-15-21/h1-9H,10-17H2. The van der Waals surface area contributed by atoms with Crippen molar-refractivity contribution < 1.29 is 13.2 Å². The molecule has 2 aromatic rings. The molecular weight excluding hydrogens is 362 g/mol. The van der Waals surface area contributed by atoms with Crippen LogP contribution >= 0.6 is 0 Å². The van der Waals surface area contributed by atoms with Crippen LogP contribution in [-0.2, 0) is 14.8 Å². The molecule has 144 valence electrons. The molecule has 0 radical (unpaired) electrons. The smallest absolute Gasteiger partial charge is 0.264 e. The van der Waals surface area contributed by atoms with Gasteiger partial charge < -0.3 is 9.64 Å². The Kier molecular flexibility index (Phi) is 5.33. The lowest BCUT2D eigenvalue weighted by molar-refractivity contribution is 0.0392. The van der Waals surface area contributed by atoms with Gasteiger partial charge in [0.15, 0.2) is 0 Å². The van der Waals surface area contributed by atoms with Gasteiger partial charge in [0.1, 0.15) is 0 Å². The van der Waals surface area contributed by atoms with E-state index in [1.807, 2.05) is 30.3 Å². The summed E-state index contributed by atoms with van der Waals surface area (Å²) < 4.78 is 33.3. The number of rotatable bonds is 5. The number of benzene rings is 2. The summed E-state index contributed by atoms with van der Waals surface area (Å²) in [5, 5.41) is 0. The number of fused-ring (bicyclic) bond motifs is 1. The van der Waals surface area contributed by atoms with Crippen LogP contribution in [0, 0.1) is 0 Å². The van der Waals surface area contributed by atoms with Gasteiger partial charge >= 0.3 is 0 Å². The van der Waals surface area contributed by atoms with Crippen LogP contribution in [0.2, 0.25) is 0 Å². The first kappa shape index (κ1) is 18.3. The number of para-hydroxylation sites is 2. The van der Waals surface area contributed by atoms with Crippen LogP contribution in [0.3, 0.4) is 0 Å². The number of hydrogen-bond donors (Lipinski definition) is 0. The molecule has 1 fully saturated rings. The SMILES string of the molecule is O=S(=O)(c1ccccc1)N1CCN(CCN2CCOCC2)c2ccccc21. The number of anilines is 2. The third kappa shape index (κ3) is 3.81. The molecule has 0 N–H and O–H groups in total. The summed E-state index contributed by atoms with van der Waals surface area (Å²) in [6.45, 7) is 6.50. The zero-order chi connectivity index (χ0) is 18.7. The van der Waals surface area contributed by atoms with E-state index in [2.05, 4.69) is 9.80 Å².